The highest BCUT2D eigenvalue weighted by atomic mass is 35.5. The molecule has 1 N–H and O–H groups in total. The highest BCUT2D eigenvalue weighted by Crippen LogP contribution is 2.35. The zero-order chi connectivity index (χ0) is 24.0. The predicted molar refractivity (Wildman–Crippen MR) is 111 cm³/mol. The zero-order valence-corrected chi connectivity index (χ0v) is 17.7. The van der Waals surface area contributed by atoms with E-state index >= 15 is 0 Å². The van der Waals surface area contributed by atoms with Gasteiger partial charge in [0.25, 0.3) is 15.9 Å². The first-order valence-corrected chi connectivity index (χ1v) is 10.8. The van der Waals surface area contributed by atoms with Crippen molar-refractivity contribution >= 4 is 44.3 Å². The van der Waals surface area contributed by atoms with Crippen molar-refractivity contribution in [3.8, 4) is 0 Å². The summed E-state index contributed by atoms with van der Waals surface area (Å²) >= 11 is 5.84. The lowest BCUT2D eigenvalue weighted by atomic mass is 10.1. The number of nitrogens with one attached hydrogen (secondary N) is 1. The van der Waals surface area contributed by atoms with E-state index in [4.69, 9.17) is 11.6 Å². The summed E-state index contributed by atoms with van der Waals surface area (Å²) in [5, 5.41) is 5.86. The number of nitrogens with zero attached hydrogens (tertiary/aromatic N) is 3. The Morgan fingerprint density at radius 3 is 2.42 bits per heavy atom. The Balaban J connectivity index is 1.74. The average Bonchev–Trinajstić information content (AvgIpc) is 3.17. The topological polar surface area (TPSA) is 93.9 Å². The Morgan fingerprint density at radius 1 is 1.06 bits per heavy atom. The molecule has 2 heterocycles. The Labute approximate surface area is 188 Å². The van der Waals surface area contributed by atoms with Gasteiger partial charge in [0.2, 0.25) is 0 Å². The maximum atomic E-state index is 13.3. The summed E-state index contributed by atoms with van der Waals surface area (Å²) in [5.74, 6) is -2.06. The van der Waals surface area contributed by atoms with Crippen LogP contribution in [0.5, 0.6) is 0 Å². The first-order valence-electron chi connectivity index (χ1n) is 9.00. The van der Waals surface area contributed by atoms with Crippen LogP contribution in [0.15, 0.2) is 65.8 Å². The summed E-state index contributed by atoms with van der Waals surface area (Å²) in [6.07, 6.45) is -2.45. The summed E-state index contributed by atoms with van der Waals surface area (Å²) in [6.45, 7) is 0. The number of aromatic nitrogens is 3. The van der Waals surface area contributed by atoms with Gasteiger partial charge in [-0.1, -0.05) is 17.7 Å². The fourth-order valence-corrected chi connectivity index (χ4v) is 4.56. The van der Waals surface area contributed by atoms with Crippen LogP contribution in [0.3, 0.4) is 0 Å². The van der Waals surface area contributed by atoms with Gasteiger partial charge in [0.15, 0.2) is 0 Å². The fourth-order valence-electron chi connectivity index (χ4n) is 3.03. The lowest BCUT2D eigenvalue weighted by molar-refractivity contribution is -0.137. The number of hydrogen-bond donors (Lipinski definition) is 1. The molecule has 4 rings (SSSR count). The molecule has 0 radical (unpaired) electrons. The molecule has 0 fully saturated rings. The van der Waals surface area contributed by atoms with Gasteiger partial charge in [-0.05, 0) is 36.4 Å². The van der Waals surface area contributed by atoms with Crippen LogP contribution in [-0.2, 0) is 16.2 Å². The molecule has 0 aliphatic heterocycles. The smallest absolute Gasteiger partial charge is 0.306 e. The molecule has 4 aromatic rings. The van der Waals surface area contributed by atoms with Crippen molar-refractivity contribution in [1.29, 1.82) is 0 Å². The molecular weight excluding hydrogens is 488 g/mol. The van der Waals surface area contributed by atoms with Gasteiger partial charge >= 0.3 is 6.18 Å². The molecule has 13 heteroatoms. The van der Waals surface area contributed by atoms with Crippen LogP contribution < -0.4 is 5.32 Å². The number of anilines is 1. The van der Waals surface area contributed by atoms with E-state index in [1.54, 1.807) is 0 Å². The van der Waals surface area contributed by atoms with Gasteiger partial charge in [-0.2, -0.15) is 30.8 Å². The van der Waals surface area contributed by atoms with Crippen LogP contribution >= 0.6 is 11.6 Å². The van der Waals surface area contributed by atoms with Crippen LogP contribution in [-0.4, -0.2) is 28.5 Å². The molecule has 2 aromatic carbocycles. The Bertz CT molecular complexity index is 1490. The van der Waals surface area contributed by atoms with Gasteiger partial charge in [0, 0.05) is 17.6 Å². The van der Waals surface area contributed by atoms with Gasteiger partial charge in [0.05, 0.1) is 32.8 Å². The summed E-state index contributed by atoms with van der Waals surface area (Å²) in [7, 11) is -4.24. The number of fused-ring (bicyclic) bond motifs is 1. The Morgan fingerprint density at radius 2 is 1.76 bits per heavy atom. The van der Waals surface area contributed by atoms with Gasteiger partial charge in [-0.3, -0.25) is 4.79 Å². The molecule has 0 aliphatic carbocycles. The maximum Gasteiger partial charge on any atom is 0.417 e. The normalized spacial score (nSPS) is 12.2. The fraction of sp³-hybridized carbons (Fsp3) is 0.0500. The summed E-state index contributed by atoms with van der Waals surface area (Å²) in [6, 6.07) is 8.07. The number of alkyl halides is 3. The SMILES string of the molecule is O=C(Nc1cc2c(cn1)cnn2S(=O)(=O)c1ccc(F)cc1)c1c(Cl)cccc1C(F)(F)F. The molecule has 0 aliphatic rings. The molecule has 0 unspecified atom stereocenters. The van der Waals surface area contributed by atoms with Crippen molar-refractivity contribution in [2.24, 2.45) is 0 Å². The third-order valence-electron chi connectivity index (χ3n) is 4.55. The molecule has 0 bridgehead atoms. The van der Waals surface area contributed by atoms with Crippen molar-refractivity contribution in [3.63, 3.8) is 0 Å². The molecule has 33 heavy (non-hydrogen) atoms. The molecule has 0 spiro atoms. The highest BCUT2D eigenvalue weighted by Gasteiger charge is 2.36. The number of halogens is 5. The van der Waals surface area contributed by atoms with E-state index in [1.807, 2.05) is 0 Å². The van der Waals surface area contributed by atoms with E-state index in [0.717, 1.165) is 42.5 Å². The number of rotatable bonds is 4. The van der Waals surface area contributed by atoms with Crippen LogP contribution in [0.25, 0.3) is 10.9 Å². The van der Waals surface area contributed by atoms with Crippen LogP contribution in [0.2, 0.25) is 5.02 Å². The highest BCUT2D eigenvalue weighted by molar-refractivity contribution is 7.90. The van der Waals surface area contributed by atoms with E-state index in [-0.39, 0.29) is 21.6 Å². The summed E-state index contributed by atoms with van der Waals surface area (Å²) in [4.78, 5) is 16.3. The summed E-state index contributed by atoms with van der Waals surface area (Å²) < 4.78 is 79.5. The number of amides is 1. The standard InChI is InChI=1S/C20H11ClF4N4O3S/c21-15-3-1-2-14(20(23,24)25)18(15)19(30)28-17-8-16-11(9-26-17)10-27-29(16)33(31,32)13-6-4-12(22)5-7-13/h1-10H,(H,26,28,30). The molecule has 2 aromatic heterocycles. The Hall–Kier alpha value is -3.51. The second-order valence-corrected chi connectivity index (χ2v) is 8.86. The number of carbonyl (C=O) groups excluding carboxylic acids is 1. The summed E-state index contributed by atoms with van der Waals surface area (Å²) in [5.41, 5.74) is -2.06. The van der Waals surface area contributed by atoms with Crippen molar-refractivity contribution in [3.05, 3.63) is 82.9 Å². The van der Waals surface area contributed by atoms with Crippen molar-refractivity contribution < 1.29 is 30.8 Å². The van der Waals surface area contributed by atoms with E-state index in [1.165, 1.54) is 12.4 Å². The third-order valence-corrected chi connectivity index (χ3v) is 6.48. The Kier molecular flexibility index (Phi) is 5.58. The first-order chi connectivity index (χ1) is 15.5. The second-order valence-electron chi connectivity index (χ2n) is 6.69. The number of carbonyl (C=O) groups is 1. The number of hydrogen-bond acceptors (Lipinski definition) is 5. The number of pyridine rings is 1. The van der Waals surface area contributed by atoms with Gasteiger partial charge in [-0.15, -0.1) is 0 Å². The van der Waals surface area contributed by atoms with E-state index in [9.17, 15) is 30.8 Å². The molecule has 7 nitrogen and oxygen atoms in total. The van der Waals surface area contributed by atoms with Crippen LogP contribution in [0.4, 0.5) is 23.4 Å². The monoisotopic (exact) mass is 498 g/mol. The lowest BCUT2D eigenvalue weighted by Crippen LogP contribution is -2.20. The minimum absolute atomic E-state index is 0.0140. The molecule has 0 atom stereocenters. The molecule has 1 amide bonds. The minimum atomic E-state index is -4.84. The quantitative estimate of drug-likeness (QED) is 0.410. The lowest BCUT2D eigenvalue weighted by Gasteiger charge is -2.14. The first kappa shape index (κ1) is 22.7. The molecule has 0 saturated carbocycles. The van der Waals surface area contributed by atoms with Crippen molar-refractivity contribution in [1.82, 2.24) is 14.2 Å². The minimum Gasteiger partial charge on any atom is -0.306 e. The largest absolute Gasteiger partial charge is 0.417 e. The molecule has 170 valence electrons. The number of benzene rings is 2. The third kappa shape index (κ3) is 4.26. The van der Waals surface area contributed by atoms with E-state index < -0.39 is 44.1 Å². The average molecular weight is 499 g/mol. The molecule has 0 saturated heterocycles. The van der Waals surface area contributed by atoms with Crippen LogP contribution in [0, 0.1) is 5.82 Å². The second kappa shape index (κ2) is 8.12. The predicted octanol–water partition coefficient (Wildman–Crippen LogP) is 4.73. The zero-order valence-electron chi connectivity index (χ0n) is 16.1. The van der Waals surface area contributed by atoms with Gasteiger partial charge < -0.3 is 5.32 Å². The molecular formula is C20H11ClF4N4O3S. The van der Waals surface area contributed by atoms with Crippen molar-refractivity contribution in [2.75, 3.05) is 5.32 Å². The maximum absolute atomic E-state index is 13.3. The van der Waals surface area contributed by atoms with Crippen LogP contribution in [0.1, 0.15) is 15.9 Å². The van der Waals surface area contributed by atoms with Gasteiger partial charge in [-0.25, -0.2) is 9.37 Å². The van der Waals surface area contributed by atoms with Crippen molar-refractivity contribution in [2.45, 2.75) is 11.1 Å². The van der Waals surface area contributed by atoms with E-state index in [0.29, 0.717) is 10.2 Å². The van der Waals surface area contributed by atoms with E-state index in [2.05, 4.69) is 15.4 Å². The van der Waals surface area contributed by atoms with Gasteiger partial charge in [0.1, 0.15) is 11.6 Å².